The number of aryl methyl sites for hydroxylation is 1. The van der Waals surface area contributed by atoms with E-state index in [9.17, 15) is 8.42 Å². The topological polar surface area (TPSA) is 63.1 Å². The van der Waals surface area contributed by atoms with Crippen LogP contribution in [0.5, 0.6) is 0 Å². The van der Waals surface area contributed by atoms with Crippen LogP contribution in [0.2, 0.25) is 0 Å². The van der Waals surface area contributed by atoms with Crippen molar-refractivity contribution in [1.82, 2.24) is 14.6 Å². The molecule has 0 atom stereocenters. The van der Waals surface area contributed by atoms with Crippen LogP contribution in [-0.2, 0) is 23.1 Å². The number of hydrogen-bond acceptors (Lipinski definition) is 3. The lowest BCUT2D eigenvalue weighted by molar-refractivity contribution is 0.577. The van der Waals surface area contributed by atoms with Crippen LogP contribution in [0.3, 0.4) is 0 Å². The standard InChI is InChI=1S/C12H21N3O2S/c1-3-15-9-12(6-11(15)8-13-2)18(16,17)14-7-10-4-5-10/h6,9-10,13-14H,3-5,7-8H2,1-2H3. The first-order valence-electron chi connectivity index (χ1n) is 6.40. The van der Waals surface area contributed by atoms with E-state index in [-0.39, 0.29) is 0 Å². The molecule has 0 saturated heterocycles. The van der Waals surface area contributed by atoms with E-state index in [0.29, 0.717) is 23.9 Å². The van der Waals surface area contributed by atoms with Crippen molar-refractivity contribution < 1.29 is 8.42 Å². The molecular weight excluding hydrogens is 250 g/mol. The number of rotatable bonds is 7. The average Bonchev–Trinajstić information content (AvgIpc) is 3.07. The van der Waals surface area contributed by atoms with E-state index < -0.39 is 10.0 Å². The molecule has 1 aliphatic rings. The zero-order valence-corrected chi connectivity index (χ0v) is 11.8. The van der Waals surface area contributed by atoms with E-state index in [2.05, 4.69) is 10.0 Å². The molecule has 1 heterocycles. The number of nitrogens with zero attached hydrogens (tertiary/aromatic N) is 1. The summed E-state index contributed by atoms with van der Waals surface area (Å²) in [4.78, 5) is 0.371. The third kappa shape index (κ3) is 3.13. The highest BCUT2D eigenvalue weighted by Crippen LogP contribution is 2.28. The summed E-state index contributed by atoms with van der Waals surface area (Å²) in [6.45, 7) is 4.02. The first-order chi connectivity index (χ1) is 8.56. The minimum atomic E-state index is -3.34. The molecule has 1 aromatic rings. The Morgan fingerprint density at radius 2 is 2.17 bits per heavy atom. The summed E-state index contributed by atoms with van der Waals surface area (Å²) in [5.41, 5.74) is 0.992. The number of nitrogens with one attached hydrogen (secondary N) is 2. The zero-order valence-electron chi connectivity index (χ0n) is 10.9. The summed E-state index contributed by atoms with van der Waals surface area (Å²) in [6, 6.07) is 1.75. The lowest BCUT2D eigenvalue weighted by atomic mass is 10.4. The molecule has 18 heavy (non-hydrogen) atoms. The average molecular weight is 271 g/mol. The summed E-state index contributed by atoms with van der Waals surface area (Å²) >= 11 is 0. The highest BCUT2D eigenvalue weighted by molar-refractivity contribution is 7.89. The molecule has 1 saturated carbocycles. The molecule has 0 spiro atoms. The molecule has 0 aromatic carbocycles. The van der Waals surface area contributed by atoms with Crippen molar-refractivity contribution in [1.29, 1.82) is 0 Å². The molecular formula is C12H21N3O2S. The van der Waals surface area contributed by atoms with E-state index in [0.717, 1.165) is 25.1 Å². The summed E-state index contributed by atoms with van der Waals surface area (Å²) in [7, 11) is -1.49. The lowest BCUT2D eigenvalue weighted by Crippen LogP contribution is -2.25. The fourth-order valence-electron chi connectivity index (χ4n) is 1.93. The molecule has 0 unspecified atom stereocenters. The van der Waals surface area contributed by atoms with Gasteiger partial charge in [0, 0.05) is 31.5 Å². The van der Waals surface area contributed by atoms with Gasteiger partial charge in [-0.15, -0.1) is 0 Å². The van der Waals surface area contributed by atoms with Gasteiger partial charge in [-0.3, -0.25) is 0 Å². The summed E-state index contributed by atoms with van der Waals surface area (Å²) in [5.74, 6) is 0.546. The van der Waals surface area contributed by atoms with Gasteiger partial charge in [0.1, 0.15) is 0 Å². The summed E-state index contributed by atoms with van der Waals surface area (Å²) in [5, 5.41) is 3.05. The van der Waals surface area contributed by atoms with Gasteiger partial charge in [-0.2, -0.15) is 0 Å². The molecule has 102 valence electrons. The second-order valence-corrected chi connectivity index (χ2v) is 6.55. The van der Waals surface area contributed by atoms with Crippen molar-refractivity contribution in [2.45, 2.75) is 37.8 Å². The molecule has 2 rings (SSSR count). The molecule has 0 aliphatic heterocycles. The van der Waals surface area contributed by atoms with Crippen LogP contribution in [0.4, 0.5) is 0 Å². The number of aromatic nitrogens is 1. The molecule has 5 nitrogen and oxygen atoms in total. The molecule has 2 N–H and O–H groups in total. The van der Waals surface area contributed by atoms with Gasteiger partial charge in [0.15, 0.2) is 0 Å². The van der Waals surface area contributed by atoms with Gasteiger partial charge in [0.25, 0.3) is 0 Å². The Balaban J connectivity index is 2.14. The zero-order chi connectivity index (χ0) is 13.2. The van der Waals surface area contributed by atoms with Crippen molar-refractivity contribution in [3.63, 3.8) is 0 Å². The molecule has 0 bridgehead atoms. The SMILES string of the molecule is CCn1cc(S(=O)(=O)NCC2CC2)cc1CNC. The maximum Gasteiger partial charge on any atom is 0.242 e. The van der Waals surface area contributed by atoms with Crippen molar-refractivity contribution >= 4 is 10.0 Å². The fourth-order valence-corrected chi connectivity index (χ4v) is 3.11. The van der Waals surface area contributed by atoms with E-state index in [1.807, 2.05) is 18.5 Å². The fraction of sp³-hybridized carbons (Fsp3) is 0.667. The third-order valence-electron chi connectivity index (χ3n) is 3.23. The Bertz CT molecular complexity index is 503. The number of sulfonamides is 1. The van der Waals surface area contributed by atoms with Crippen LogP contribution in [0, 0.1) is 5.92 Å². The highest BCUT2D eigenvalue weighted by Gasteiger charge is 2.25. The van der Waals surface area contributed by atoms with Crippen molar-refractivity contribution in [3.8, 4) is 0 Å². The monoisotopic (exact) mass is 271 g/mol. The smallest absolute Gasteiger partial charge is 0.242 e. The third-order valence-corrected chi connectivity index (χ3v) is 4.62. The van der Waals surface area contributed by atoms with Gasteiger partial charge in [-0.05, 0) is 38.8 Å². The predicted molar refractivity (Wildman–Crippen MR) is 70.8 cm³/mol. The lowest BCUT2D eigenvalue weighted by Gasteiger charge is -2.04. The molecule has 6 heteroatoms. The first kappa shape index (κ1) is 13.6. The minimum Gasteiger partial charge on any atom is -0.349 e. The van der Waals surface area contributed by atoms with Crippen LogP contribution in [0.15, 0.2) is 17.2 Å². The minimum absolute atomic E-state index is 0.371. The van der Waals surface area contributed by atoms with Gasteiger partial charge in [-0.25, -0.2) is 13.1 Å². The molecule has 0 amide bonds. The van der Waals surface area contributed by atoms with Crippen LogP contribution < -0.4 is 10.0 Å². The molecule has 1 fully saturated rings. The Morgan fingerprint density at radius 1 is 1.44 bits per heavy atom. The maximum atomic E-state index is 12.1. The van der Waals surface area contributed by atoms with E-state index in [4.69, 9.17) is 0 Å². The highest BCUT2D eigenvalue weighted by atomic mass is 32.2. The molecule has 1 aromatic heterocycles. The summed E-state index contributed by atoms with van der Waals surface area (Å²) < 4.78 is 28.9. The second kappa shape index (κ2) is 5.42. The van der Waals surface area contributed by atoms with Crippen LogP contribution in [0.25, 0.3) is 0 Å². The predicted octanol–water partition coefficient (Wildman–Crippen LogP) is 0.916. The van der Waals surface area contributed by atoms with Gasteiger partial charge < -0.3 is 9.88 Å². The first-order valence-corrected chi connectivity index (χ1v) is 7.88. The van der Waals surface area contributed by atoms with E-state index in [1.165, 1.54) is 0 Å². The Hall–Kier alpha value is -0.850. The van der Waals surface area contributed by atoms with Crippen molar-refractivity contribution in [2.75, 3.05) is 13.6 Å². The second-order valence-electron chi connectivity index (χ2n) is 4.78. The molecule has 1 aliphatic carbocycles. The van der Waals surface area contributed by atoms with Gasteiger partial charge in [-0.1, -0.05) is 0 Å². The van der Waals surface area contributed by atoms with E-state index in [1.54, 1.807) is 12.3 Å². The van der Waals surface area contributed by atoms with Crippen LogP contribution >= 0.6 is 0 Å². The number of hydrogen-bond donors (Lipinski definition) is 2. The largest absolute Gasteiger partial charge is 0.349 e. The quantitative estimate of drug-likeness (QED) is 0.775. The summed E-state index contributed by atoms with van der Waals surface area (Å²) in [6.07, 6.45) is 3.99. The normalized spacial score (nSPS) is 16.1. The van der Waals surface area contributed by atoms with Crippen molar-refractivity contribution in [3.05, 3.63) is 18.0 Å². The van der Waals surface area contributed by atoms with Crippen LogP contribution in [-0.4, -0.2) is 26.6 Å². The Labute approximate surface area is 109 Å². The van der Waals surface area contributed by atoms with E-state index >= 15 is 0 Å². The van der Waals surface area contributed by atoms with Crippen LogP contribution in [0.1, 0.15) is 25.5 Å². The van der Waals surface area contributed by atoms with Gasteiger partial charge in [0.05, 0.1) is 4.90 Å². The Morgan fingerprint density at radius 3 is 2.72 bits per heavy atom. The van der Waals surface area contributed by atoms with Gasteiger partial charge in [0.2, 0.25) is 10.0 Å². The molecule has 0 radical (unpaired) electrons. The van der Waals surface area contributed by atoms with Gasteiger partial charge >= 0.3 is 0 Å². The maximum absolute atomic E-state index is 12.1. The van der Waals surface area contributed by atoms with Crippen molar-refractivity contribution in [2.24, 2.45) is 5.92 Å². The Kier molecular flexibility index (Phi) is 4.09.